The summed E-state index contributed by atoms with van der Waals surface area (Å²) in [4.78, 5) is 6.69. The molecule has 29 heavy (non-hydrogen) atoms. The summed E-state index contributed by atoms with van der Waals surface area (Å²) < 4.78 is 11.2. The standard InChI is InChI=1S/C22H30N4O2.HI/c1-23-22(24-11-12-26-13-15-27-16-14-26)25-17-19-7-9-21(10-8-19)28-18-20-5-3-2-4-6-20;/h2-10H,11-18H2,1H3,(H2,23,24,25);1H. The minimum atomic E-state index is 0. The van der Waals surface area contributed by atoms with Gasteiger partial charge in [0.05, 0.1) is 13.2 Å². The summed E-state index contributed by atoms with van der Waals surface area (Å²) in [5, 5.41) is 6.72. The molecule has 1 saturated heterocycles. The Kier molecular flexibility index (Phi) is 10.8. The first-order valence-corrected chi connectivity index (χ1v) is 9.84. The number of nitrogens with zero attached hydrogens (tertiary/aromatic N) is 2. The third kappa shape index (κ3) is 8.59. The third-order valence-electron chi connectivity index (χ3n) is 4.68. The molecule has 7 heteroatoms. The molecule has 6 nitrogen and oxygen atoms in total. The zero-order valence-corrected chi connectivity index (χ0v) is 19.3. The average Bonchev–Trinajstić information content (AvgIpc) is 2.77. The summed E-state index contributed by atoms with van der Waals surface area (Å²) >= 11 is 0. The van der Waals surface area contributed by atoms with Gasteiger partial charge in [-0.2, -0.15) is 0 Å². The number of aliphatic imine (C=N–C) groups is 1. The van der Waals surface area contributed by atoms with Gasteiger partial charge < -0.3 is 20.1 Å². The summed E-state index contributed by atoms with van der Waals surface area (Å²) in [7, 11) is 1.80. The Labute approximate surface area is 190 Å². The molecule has 0 radical (unpaired) electrons. The van der Waals surface area contributed by atoms with Crippen molar-refractivity contribution in [2.24, 2.45) is 4.99 Å². The first-order valence-electron chi connectivity index (χ1n) is 9.84. The second-order valence-electron chi connectivity index (χ2n) is 6.72. The topological polar surface area (TPSA) is 58.1 Å². The number of hydrogen-bond acceptors (Lipinski definition) is 4. The Morgan fingerprint density at radius 1 is 1.00 bits per heavy atom. The van der Waals surface area contributed by atoms with Crippen LogP contribution in [0.4, 0.5) is 0 Å². The number of ether oxygens (including phenoxy) is 2. The van der Waals surface area contributed by atoms with Gasteiger partial charge in [-0.1, -0.05) is 42.5 Å². The molecule has 0 aromatic heterocycles. The number of halogens is 1. The Morgan fingerprint density at radius 3 is 2.41 bits per heavy atom. The maximum Gasteiger partial charge on any atom is 0.191 e. The van der Waals surface area contributed by atoms with Crippen LogP contribution in [0.25, 0.3) is 0 Å². The molecular weight excluding hydrogens is 479 g/mol. The fourth-order valence-corrected chi connectivity index (χ4v) is 3.01. The smallest absolute Gasteiger partial charge is 0.191 e. The number of rotatable bonds is 8. The molecule has 1 heterocycles. The zero-order chi connectivity index (χ0) is 19.4. The van der Waals surface area contributed by atoms with E-state index in [0.717, 1.165) is 57.6 Å². The molecule has 0 spiro atoms. The van der Waals surface area contributed by atoms with Crippen LogP contribution < -0.4 is 15.4 Å². The second kappa shape index (κ2) is 13.4. The van der Waals surface area contributed by atoms with E-state index in [1.165, 1.54) is 11.1 Å². The van der Waals surface area contributed by atoms with E-state index in [1.54, 1.807) is 7.05 Å². The summed E-state index contributed by atoms with van der Waals surface area (Å²) in [6.07, 6.45) is 0. The van der Waals surface area contributed by atoms with Crippen molar-refractivity contribution >= 4 is 29.9 Å². The van der Waals surface area contributed by atoms with Crippen molar-refractivity contribution in [1.29, 1.82) is 0 Å². The van der Waals surface area contributed by atoms with Crippen LogP contribution in [0, 0.1) is 0 Å². The summed E-state index contributed by atoms with van der Waals surface area (Å²) in [6.45, 7) is 6.84. The highest BCUT2D eigenvalue weighted by Gasteiger charge is 2.09. The van der Waals surface area contributed by atoms with Crippen LogP contribution in [-0.4, -0.2) is 57.3 Å². The minimum Gasteiger partial charge on any atom is -0.489 e. The Morgan fingerprint density at radius 2 is 1.72 bits per heavy atom. The molecule has 0 unspecified atom stereocenters. The number of nitrogens with one attached hydrogen (secondary N) is 2. The third-order valence-corrected chi connectivity index (χ3v) is 4.68. The van der Waals surface area contributed by atoms with Crippen molar-refractivity contribution in [2.75, 3.05) is 46.4 Å². The van der Waals surface area contributed by atoms with Crippen molar-refractivity contribution in [2.45, 2.75) is 13.2 Å². The van der Waals surface area contributed by atoms with Crippen LogP contribution in [0.5, 0.6) is 5.75 Å². The van der Waals surface area contributed by atoms with Gasteiger partial charge in [-0.3, -0.25) is 9.89 Å². The summed E-state index contributed by atoms with van der Waals surface area (Å²) in [5.74, 6) is 1.69. The first-order chi connectivity index (χ1) is 13.8. The quantitative estimate of drug-likeness (QED) is 0.325. The van der Waals surface area contributed by atoms with Crippen LogP contribution >= 0.6 is 24.0 Å². The van der Waals surface area contributed by atoms with Crippen molar-refractivity contribution in [3.63, 3.8) is 0 Å². The number of benzene rings is 2. The molecule has 0 aliphatic carbocycles. The van der Waals surface area contributed by atoms with Gasteiger partial charge in [0.1, 0.15) is 12.4 Å². The molecule has 1 fully saturated rings. The van der Waals surface area contributed by atoms with Crippen LogP contribution in [0.1, 0.15) is 11.1 Å². The van der Waals surface area contributed by atoms with E-state index < -0.39 is 0 Å². The lowest BCUT2D eigenvalue weighted by Gasteiger charge is -2.26. The van der Waals surface area contributed by atoms with Crippen LogP contribution in [0.2, 0.25) is 0 Å². The molecule has 0 atom stereocenters. The van der Waals surface area contributed by atoms with Gasteiger partial charge in [0, 0.05) is 39.8 Å². The van der Waals surface area contributed by atoms with E-state index in [4.69, 9.17) is 9.47 Å². The van der Waals surface area contributed by atoms with E-state index in [9.17, 15) is 0 Å². The van der Waals surface area contributed by atoms with Gasteiger partial charge in [-0.15, -0.1) is 24.0 Å². The van der Waals surface area contributed by atoms with Crippen LogP contribution in [-0.2, 0) is 17.9 Å². The molecule has 0 bridgehead atoms. The van der Waals surface area contributed by atoms with E-state index in [1.807, 2.05) is 30.3 Å². The zero-order valence-electron chi connectivity index (χ0n) is 17.0. The van der Waals surface area contributed by atoms with Crippen molar-refractivity contribution in [1.82, 2.24) is 15.5 Å². The largest absolute Gasteiger partial charge is 0.489 e. The molecule has 2 N–H and O–H groups in total. The monoisotopic (exact) mass is 510 g/mol. The first kappa shape index (κ1) is 23.4. The fraction of sp³-hybridized carbons (Fsp3) is 0.409. The lowest BCUT2D eigenvalue weighted by atomic mass is 10.2. The molecule has 2 aromatic rings. The molecule has 0 saturated carbocycles. The number of guanidine groups is 1. The van der Waals surface area contributed by atoms with Gasteiger partial charge in [0.15, 0.2) is 5.96 Å². The van der Waals surface area contributed by atoms with E-state index in [-0.39, 0.29) is 24.0 Å². The predicted octanol–water partition coefficient (Wildman–Crippen LogP) is 2.88. The highest BCUT2D eigenvalue weighted by molar-refractivity contribution is 14.0. The molecule has 0 amide bonds. The minimum absolute atomic E-state index is 0. The van der Waals surface area contributed by atoms with E-state index >= 15 is 0 Å². The van der Waals surface area contributed by atoms with Gasteiger partial charge in [-0.25, -0.2) is 0 Å². The second-order valence-corrected chi connectivity index (χ2v) is 6.72. The van der Waals surface area contributed by atoms with Crippen molar-refractivity contribution < 1.29 is 9.47 Å². The van der Waals surface area contributed by atoms with Gasteiger partial charge >= 0.3 is 0 Å². The molecule has 2 aromatic carbocycles. The van der Waals surface area contributed by atoms with Gasteiger partial charge in [-0.05, 0) is 23.3 Å². The van der Waals surface area contributed by atoms with Gasteiger partial charge in [0.25, 0.3) is 0 Å². The Balaban J connectivity index is 0.00000300. The molecule has 1 aliphatic rings. The number of hydrogen-bond donors (Lipinski definition) is 2. The maximum absolute atomic E-state index is 5.83. The number of morpholine rings is 1. The lowest BCUT2D eigenvalue weighted by Crippen LogP contribution is -2.44. The van der Waals surface area contributed by atoms with Crippen LogP contribution in [0.15, 0.2) is 59.6 Å². The highest BCUT2D eigenvalue weighted by Crippen LogP contribution is 2.14. The maximum atomic E-state index is 5.83. The Hall–Kier alpha value is -1.84. The predicted molar refractivity (Wildman–Crippen MR) is 128 cm³/mol. The molecule has 1 aliphatic heterocycles. The van der Waals surface area contributed by atoms with E-state index in [2.05, 4.69) is 44.8 Å². The van der Waals surface area contributed by atoms with Crippen LogP contribution in [0.3, 0.4) is 0 Å². The fourth-order valence-electron chi connectivity index (χ4n) is 3.01. The van der Waals surface area contributed by atoms with Crippen molar-refractivity contribution in [3.05, 3.63) is 65.7 Å². The molecule has 158 valence electrons. The van der Waals surface area contributed by atoms with E-state index in [0.29, 0.717) is 6.61 Å². The molecule has 3 rings (SSSR count). The lowest BCUT2D eigenvalue weighted by molar-refractivity contribution is 0.0389. The van der Waals surface area contributed by atoms with Gasteiger partial charge in [0.2, 0.25) is 0 Å². The summed E-state index contributed by atoms with van der Waals surface area (Å²) in [6, 6.07) is 18.4. The summed E-state index contributed by atoms with van der Waals surface area (Å²) in [5.41, 5.74) is 2.35. The molecular formula is C22H31IN4O2. The van der Waals surface area contributed by atoms with Crippen molar-refractivity contribution in [3.8, 4) is 5.75 Å². The Bertz CT molecular complexity index is 719. The SMILES string of the molecule is CN=C(NCCN1CCOCC1)NCc1ccc(OCc2ccccc2)cc1.I. The normalized spacial score (nSPS) is 14.7. The average molecular weight is 510 g/mol. The highest BCUT2D eigenvalue weighted by atomic mass is 127.